The monoisotopic (exact) mass is 353 g/mol. The van der Waals surface area contributed by atoms with Crippen molar-refractivity contribution >= 4 is 29.6 Å². The van der Waals surface area contributed by atoms with Crippen molar-refractivity contribution in [2.75, 3.05) is 11.9 Å². The minimum atomic E-state index is -0.678. The first-order valence-electron chi connectivity index (χ1n) is 7.89. The minimum absolute atomic E-state index is 0.0327. The molecule has 26 heavy (non-hydrogen) atoms. The number of carbonyl (C=O) groups is 3. The van der Waals surface area contributed by atoms with Gasteiger partial charge in [-0.1, -0.05) is 30.3 Å². The number of halogens is 1. The largest absolute Gasteiger partial charge is 0.329 e. The Balaban J connectivity index is 1.70. The van der Waals surface area contributed by atoms with Gasteiger partial charge in [-0.25, -0.2) is 14.1 Å². The molecule has 1 aliphatic heterocycles. The van der Waals surface area contributed by atoms with Crippen molar-refractivity contribution in [1.29, 1.82) is 0 Å². The van der Waals surface area contributed by atoms with E-state index in [0.717, 1.165) is 10.5 Å². The van der Waals surface area contributed by atoms with Gasteiger partial charge in [0.2, 0.25) is 5.91 Å². The summed E-state index contributed by atoms with van der Waals surface area (Å²) in [7, 11) is 0. The predicted molar refractivity (Wildman–Crippen MR) is 94.4 cm³/mol. The van der Waals surface area contributed by atoms with E-state index in [1.807, 2.05) is 19.1 Å². The first kappa shape index (κ1) is 17.3. The van der Waals surface area contributed by atoms with Crippen molar-refractivity contribution < 1.29 is 18.8 Å². The summed E-state index contributed by atoms with van der Waals surface area (Å²) in [5, 5.41) is 5.10. The Morgan fingerprint density at radius 1 is 1.15 bits per heavy atom. The van der Waals surface area contributed by atoms with Crippen molar-refractivity contribution in [1.82, 2.24) is 10.2 Å². The number of aryl methyl sites for hydroxylation is 1. The molecule has 2 aromatic carbocycles. The van der Waals surface area contributed by atoms with Gasteiger partial charge in [0.05, 0.1) is 0 Å². The van der Waals surface area contributed by atoms with E-state index in [4.69, 9.17) is 0 Å². The molecule has 0 bridgehead atoms. The van der Waals surface area contributed by atoms with Gasteiger partial charge in [0.25, 0.3) is 5.91 Å². The number of carbonyl (C=O) groups excluding carboxylic acids is 3. The van der Waals surface area contributed by atoms with Gasteiger partial charge in [0.1, 0.15) is 18.1 Å². The third-order valence-corrected chi connectivity index (χ3v) is 3.86. The molecule has 1 aliphatic rings. The van der Waals surface area contributed by atoms with Crippen LogP contribution in [0.25, 0.3) is 6.08 Å². The summed E-state index contributed by atoms with van der Waals surface area (Å²) in [5.41, 5.74) is 2.08. The summed E-state index contributed by atoms with van der Waals surface area (Å²) in [6.07, 6.45) is 1.43. The fourth-order valence-corrected chi connectivity index (χ4v) is 2.49. The number of anilines is 1. The van der Waals surface area contributed by atoms with E-state index in [2.05, 4.69) is 10.6 Å². The Bertz CT molecular complexity index is 907. The lowest BCUT2D eigenvalue weighted by Gasteiger charge is -2.13. The Morgan fingerprint density at radius 2 is 1.85 bits per heavy atom. The van der Waals surface area contributed by atoms with E-state index in [-0.39, 0.29) is 5.70 Å². The Morgan fingerprint density at radius 3 is 2.54 bits per heavy atom. The van der Waals surface area contributed by atoms with Crippen LogP contribution in [0.5, 0.6) is 0 Å². The highest BCUT2D eigenvalue weighted by Crippen LogP contribution is 2.16. The third kappa shape index (κ3) is 3.77. The summed E-state index contributed by atoms with van der Waals surface area (Å²) in [5.74, 6) is -1.49. The molecule has 0 aliphatic carbocycles. The van der Waals surface area contributed by atoms with Crippen LogP contribution in [0.2, 0.25) is 0 Å². The van der Waals surface area contributed by atoms with E-state index < -0.39 is 30.2 Å². The van der Waals surface area contributed by atoms with Crippen LogP contribution in [0.4, 0.5) is 14.9 Å². The maximum absolute atomic E-state index is 12.9. The highest BCUT2D eigenvalue weighted by atomic mass is 19.1. The van der Waals surface area contributed by atoms with Crippen molar-refractivity contribution in [2.45, 2.75) is 6.92 Å². The van der Waals surface area contributed by atoms with Gasteiger partial charge in [-0.05, 0) is 42.3 Å². The molecule has 1 saturated heterocycles. The van der Waals surface area contributed by atoms with Crippen LogP contribution in [0.3, 0.4) is 0 Å². The van der Waals surface area contributed by atoms with Crippen LogP contribution in [0.15, 0.2) is 54.2 Å². The number of amides is 4. The van der Waals surface area contributed by atoms with Crippen LogP contribution in [0, 0.1) is 12.7 Å². The molecule has 6 nitrogen and oxygen atoms in total. The number of para-hydroxylation sites is 1. The fraction of sp³-hybridized carbons (Fsp3) is 0.105. The molecular weight excluding hydrogens is 337 g/mol. The quantitative estimate of drug-likeness (QED) is 0.655. The summed E-state index contributed by atoms with van der Waals surface area (Å²) < 4.78 is 12.9. The Kier molecular flexibility index (Phi) is 4.79. The smallest absolute Gasteiger partial charge is 0.324 e. The molecule has 4 amide bonds. The van der Waals surface area contributed by atoms with Crippen LogP contribution in [0.1, 0.15) is 11.1 Å². The van der Waals surface area contributed by atoms with Gasteiger partial charge in [0.15, 0.2) is 0 Å². The lowest BCUT2D eigenvalue weighted by atomic mass is 10.2. The zero-order chi connectivity index (χ0) is 18.7. The van der Waals surface area contributed by atoms with E-state index in [0.29, 0.717) is 11.3 Å². The second-order valence-corrected chi connectivity index (χ2v) is 5.79. The number of nitrogens with zero attached hydrogens (tertiary/aromatic N) is 1. The van der Waals surface area contributed by atoms with Crippen molar-refractivity contribution in [3.05, 3.63) is 71.2 Å². The van der Waals surface area contributed by atoms with Gasteiger partial charge in [-0.2, -0.15) is 0 Å². The molecular formula is C19H16FN3O3. The second-order valence-electron chi connectivity index (χ2n) is 5.79. The van der Waals surface area contributed by atoms with Crippen molar-refractivity contribution in [3.8, 4) is 0 Å². The summed E-state index contributed by atoms with van der Waals surface area (Å²) in [4.78, 5) is 37.4. The number of hydrogen-bond donors (Lipinski definition) is 2. The van der Waals surface area contributed by atoms with E-state index in [1.165, 1.54) is 30.3 Å². The topological polar surface area (TPSA) is 78.5 Å². The Labute approximate surface area is 149 Å². The van der Waals surface area contributed by atoms with Crippen molar-refractivity contribution in [2.24, 2.45) is 0 Å². The van der Waals surface area contributed by atoms with E-state index in [9.17, 15) is 18.8 Å². The molecule has 132 valence electrons. The molecule has 0 spiro atoms. The van der Waals surface area contributed by atoms with Crippen molar-refractivity contribution in [3.63, 3.8) is 0 Å². The maximum Gasteiger partial charge on any atom is 0.329 e. The van der Waals surface area contributed by atoms with Gasteiger partial charge < -0.3 is 10.6 Å². The van der Waals surface area contributed by atoms with Crippen LogP contribution in [-0.2, 0) is 9.59 Å². The minimum Gasteiger partial charge on any atom is -0.324 e. The molecule has 0 aromatic heterocycles. The number of benzene rings is 2. The van der Waals surface area contributed by atoms with Crippen LogP contribution < -0.4 is 10.6 Å². The summed E-state index contributed by atoms with van der Waals surface area (Å²) in [6, 6.07) is 12.0. The van der Waals surface area contributed by atoms with Gasteiger partial charge >= 0.3 is 6.03 Å². The first-order chi connectivity index (χ1) is 12.4. The third-order valence-electron chi connectivity index (χ3n) is 3.86. The number of rotatable bonds is 4. The SMILES string of the molecule is Cc1ccccc1NC(=O)CN1C(=O)N/C(=C\c2ccc(F)cc2)C1=O. The van der Waals surface area contributed by atoms with Gasteiger partial charge in [-0.3, -0.25) is 9.59 Å². The van der Waals surface area contributed by atoms with Gasteiger partial charge in [0, 0.05) is 5.69 Å². The lowest BCUT2D eigenvalue weighted by molar-refractivity contribution is -0.127. The zero-order valence-electron chi connectivity index (χ0n) is 14.0. The highest BCUT2D eigenvalue weighted by molar-refractivity contribution is 6.15. The number of urea groups is 1. The number of imide groups is 1. The summed E-state index contributed by atoms with van der Waals surface area (Å²) >= 11 is 0. The predicted octanol–water partition coefficient (Wildman–Crippen LogP) is 2.67. The van der Waals surface area contributed by atoms with Crippen LogP contribution in [-0.4, -0.2) is 29.3 Å². The van der Waals surface area contributed by atoms with Crippen LogP contribution >= 0.6 is 0 Å². The molecule has 0 saturated carbocycles. The number of nitrogens with one attached hydrogen (secondary N) is 2. The average Bonchev–Trinajstić information content (AvgIpc) is 2.86. The normalized spacial score (nSPS) is 15.3. The molecule has 3 rings (SSSR count). The van der Waals surface area contributed by atoms with E-state index >= 15 is 0 Å². The van der Waals surface area contributed by atoms with Gasteiger partial charge in [-0.15, -0.1) is 0 Å². The molecule has 2 aromatic rings. The molecule has 0 unspecified atom stereocenters. The fourth-order valence-electron chi connectivity index (χ4n) is 2.49. The highest BCUT2D eigenvalue weighted by Gasteiger charge is 2.34. The molecule has 0 atom stereocenters. The summed E-state index contributed by atoms with van der Waals surface area (Å²) in [6.45, 7) is 1.44. The Hall–Kier alpha value is -3.48. The zero-order valence-corrected chi connectivity index (χ0v) is 14.0. The first-order valence-corrected chi connectivity index (χ1v) is 7.89. The lowest BCUT2D eigenvalue weighted by Crippen LogP contribution is -2.38. The second kappa shape index (κ2) is 7.18. The average molecular weight is 353 g/mol. The number of hydrogen-bond acceptors (Lipinski definition) is 3. The van der Waals surface area contributed by atoms with E-state index in [1.54, 1.807) is 12.1 Å². The standard InChI is InChI=1S/C19H16FN3O3/c1-12-4-2-3-5-15(12)21-17(24)11-23-18(25)16(22-19(23)26)10-13-6-8-14(20)9-7-13/h2-10H,11H2,1H3,(H,21,24)(H,22,26)/b16-10-. The molecule has 7 heteroatoms. The molecule has 0 radical (unpaired) electrons. The molecule has 2 N–H and O–H groups in total. The molecule has 1 heterocycles. The molecule has 1 fully saturated rings. The maximum atomic E-state index is 12.9.